The number of carbonyl (C=O) groups excluding carboxylic acids is 1. The highest BCUT2D eigenvalue weighted by molar-refractivity contribution is 5.93. The van der Waals surface area contributed by atoms with Crippen LogP contribution in [0, 0.1) is 19.8 Å². The van der Waals surface area contributed by atoms with Crippen LogP contribution in [0.2, 0.25) is 0 Å². The molecule has 7 heteroatoms. The van der Waals surface area contributed by atoms with Gasteiger partial charge in [0.05, 0.1) is 42.5 Å². The van der Waals surface area contributed by atoms with Gasteiger partial charge in [0.1, 0.15) is 0 Å². The van der Waals surface area contributed by atoms with Crippen molar-refractivity contribution in [2.75, 3.05) is 25.1 Å². The first kappa shape index (κ1) is 22.9. The standard InChI is InChI=1S/C26H32N4O3/c1-17(2)25(20-11-12-22-23(15-20)33-14-8-13-32-22)27-16-24(31)28-26-18(3)29-30(19(26)4)21-9-6-5-7-10-21/h5-7,9-12,15,17,25,27H,8,13-14,16H2,1-4H3,(H,28,31). The summed E-state index contributed by atoms with van der Waals surface area (Å²) in [6.07, 6.45) is 0.871. The number of aromatic nitrogens is 2. The Hall–Kier alpha value is -3.32. The number of nitrogens with zero attached hydrogens (tertiary/aromatic N) is 2. The van der Waals surface area contributed by atoms with Gasteiger partial charge in [0.2, 0.25) is 5.91 Å². The largest absolute Gasteiger partial charge is 0.490 e. The molecule has 7 nitrogen and oxygen atoms in total. The second-order valence-electron chi connectivity index (χ2n) is 8.70. The number of nitrogens with one attached hydrogen (secondary N) is 2. The van der Waals surface area contributed by atoms with Crippen LogP contribution in [0.5, 0.6) is 11.5 Å². The summed E-state index contributed by atoms with van der Waals surface area (Å²) in [6.45, 7) is 9.64. The molecule has 1 atom stereocenters. The van der Waals surface area contributed by atoms with Crippen LogP contribution >= 0.6 is 0 Å². The van der Waals surface area contributed by atoms with Crippen LogP contribution in [-0.2, 0) is 4.79 Å². The molecule has 2 aromatic carbocycles. The first-order valence-corrected chi connectivity index (χ1v) is 11.5. The van der Waals surface area contributed by atoms with E-state index in [1.165, 1.54) is 0 Å². The van der Waals surface area contributed by atoms with E-state index in [2.05, 4.69) is 29.6 Å². The number of ether oxygens (including phenoxy) is 2. The molecule has 0 fully saturated rings. The van der Waals surface area contributed by atoms with Gasteiger partial charge in [0.15, 0.2) is 11.5 Å². The Morgan fingerprint density at radius 2 is 1.79 bits per heavy atom. The van der Waals surface area contributed by atoms with Gasteiger partial charge < -0.3 is 20.1 Å². The Balaban J connectivity index is 1.44. The number of rotatable bonds is 7. The fourth-order valence-electron chi connectivity index (χ4n) is 4.14. The van der Waals surface area contributed by atoms with Gasteiger partial charge >= 0.3 is 0 Å². The number of aryl methyl sites for hydroxylation is 1. The van der Waals surface area contributed by atoms with E-state index in [4.69, 9.17) is 9.47 Å². The molecule has 4 rings (SSSR count). The molecule has 0 bridgehead atoms. The molecule has 2 N–H and O–H groups in total. The molecule has 1 amide bonds. The molecule has 0 saturated carbocycles. The van der Waals surface area contributed by atoms with Gasteiger partial charge in [-0.15, -0.1) is 0 Å². The van der Waals surface area contributed by atoms with E-state index in [1.54, 1.807) is 0 Å². The number of carbonyl (C=O) groups is 1. The molecule has 1 aliphatic rings. The highest BCUT2D eigenvalue weighted by atomic mass is 16.5. The Morgan fingerprint density at radius 1 is 1.06 bits per heavy atom. The van der Waals surface area contributed by atoms with Crippen molar-refractivity contribution < 1.29 is 14.3 Å². The van der Waals surface area contributed by atoms with Crippen molar-refractivity contribution in [3.63, 3.8) is 0 Å². The minimum Gasteiger partial charge on any atom is -0.490 e. The molecule has 1 aromatic heterocycles. The Kier molecular flexibility index (Phi) is 6.99. The third kappa shape index (κ3) is 5.20. The number of amides is 1. The average molecular weight is 449 g/mol. The summed E-state index contributed by atoms with van der Waals surface area (Å²) in [5.74, 6) is 1.72. The lowest BCUT2D eigenvalue weighted by molar-refractivity contribution is -0.115. The van der Waals surface area contributed by atoms with E-state index >= 15 is 0 Å². The van der Waals surface area contributed by atoms with Crippen LogP contribution in [-0.4, -0.2) is 35.4 Å². The van der Waals surface area contributed by atoms with E-state index in [-0.39, 0.29) is 24.4 Å². The smallest absolute Gasteiger partial charge is 0.238 e. The molecule has 174 valence electrons. The predicted octanol–water partition coefficient (Wildman–Crippen LogP) is 4.58. The summed E-state index contributed by atoms with van der Waals surface area (Å²) in [5.41, 5.74) is 4.48. The molecule has 1 unspecified atom stereocenters. The Bertz CT molecular complexity index is 1110. The first-order chi connectivity index (χ1) is 15.9. The summed E-state index contributed by atoms with van der Waals surface area (Å²) in [7, 11) is 0. The van der Waals surface area contributed by atoms with Crippen molar-refractivity contribution in [2.45, 2.75) is 40.2 Å². The molecular weight excluding hydrogens is 416 g/mol. The molecule has 0 spiro atoms. The van der Waals surface area contributed by atoms with Gasteiger partial charge in [0.25, 0.3) is 0 Å². The van der Waals surface area contributed by atoms with E-state index in [0.717, 1.165) is 46.2 Å². The zero-order chi connectivity index (χ0) is 23.4. The minimum atomic E-state index is -0.103. The van der Waals surface area contributed by atoms with Crippen LogP contribution in [0.4, 0.5) is 5.69 Å². The summed E-state index contributed by atoms with van der Waals surface area (Å²) < 4.78 is 13.4. The van der Waals surface area contributed by atoms with Gasteiger partial charge in [-0.05, 0) is 49.6 Å². The molecule has 0 radical (unpaired) electrons. The fourth-order valence-corrected chi connectivity index (χ4v) is 4.14. The first-order valence-electron chi connectivity index (χ1n) is 11.5. The number of fused-ring (bicyclic) bond motifs is 1. The van der Waals surface area contributed by atoms with Crippen LogP contribution < -0.4 is 20.1 Å². The van der Waals surface area contributed by atoms with Crippen molar-refractivity contribution in [1.29, 1.82) is 0 Å². The van der Waals surface area contributed by atoms with E-state index < -0.39 is 0 Å². The summed E-state index contributed by atoms with van der Waals surface area (Å²) in [4.78, 5) is 12.8. The van der Waals surface area contributed by atoms with Crippen LogP contribution in [0.15, 0.2) is 48.5 Å². The minimum absolute atomic E-state index is 0.00198. The highest BCUT2D eigenvalue weighted by Crippen LogP contribution is 2.34. The van der Waals surface area contributed by atoms with Crippen molar-refractivity contribution in [3.8, 4) is 17.2 Å². The summed E-state index contributed by atoms with van der Waals surface area (Å²) in [6, 6.07) is 15.9. The molecular formula is C26H32N4O3. The number of hydrogen-bond donors (Lipinski definition) is 2. The topological polar surface area (TPSA) is 77.4 Å². The van der Waals surface area contributed by atoms with E-state index in [1.807, 2.05) is 67.1 Å². The highest BCUT2D eigenvalue weighted by Gasteiger charge is 2.21. The monoisotopic (exact) mass is 448 g/mol. The lowest BCUT2D eigenvalue weighted by Gasteiger charge is -2.23. The van der Waals surface area contributed by atoms with Crippen LogP contribution in [0.3, 0.4) is 0 Å². The normalized spacial score (nSPS) is 14.1. The Morgan fingerprint density at radius 3 is 2.52 bits per heavy atom. The number of benzene rings is 2. The lowest BCUT2D eigenvalue weighted by atomic mass is 9.95. The zero-order valence-corrected chi connectivity index (χ0v) is 19.7. The maximum atomic E-state index is 12.8. The molecule has 33 heavy (non-hydrogen) atoms. The van der Waals surface area contributed by atoms with Gasteiger partial charge in [-0.2, -0.15) is 5.10 Å². The number of para-hydroxylation sites is 1. The fraction of sp³-hybridized carbons (Fsp3) is 0.385. The SMILES string of the molecule is Cc1nn(-c2ccccc2)c(C)c1NC(=O)CNC(c1ccc2c(c1)OCCCO2)C(C)C. The molecule has 1 aliphatic heterocycles. The van der Waals surface area contributed by atoms with Gasteiger partial charge in [-0.25, -0.2) is 4.68 Å². The van der Waals surface area contributed by atoms with Crippen LogP contribution in [0.1, 0.15) is 43.3 Å². The molecule has 3 aromatic rings. The zero-order valence-electron chi connectivity index (χ0n) is 19.7. The quantitative estimate of drug-likeness (QED) is 0.553. The average Bonchev–Trinajstić information content (AvgIpc) is 2.96. The molecule has 0 saturated heterocycles. The third-order valence-electron chi connectivity index (χ3n) is 5.84. The van der Waals surface area contributed by atoms with E-state index in [0.29, 0.717) is 13.2 Å². The number of anilines is 1. The third-order valence-corrected chi connectivity index (χ3v) is 5.84. The van der Waals surface area contributed by atoms with Crippen LogP contribution in [0.25, 0.3) is 5.69 Å². The predicted molar refractivity (Wildman–Crippen MR) is 129 cm³/mol. The van der Waals surface area contributed by atoms with Crippen molar-refractivity contribution in [1.82, 2.24) is 15.1 Å². The second kappa shape index (κ2) is 10.1. The van der Waals surface area contributed by atoms with Crippen molar-refractivity contribution in [2.24, 2.45) is 5.92 Å². The van der Waals surface area contributed by atoms with E-state index in [9.17, 15) is 4.79 Å². The van der Waals surface area contributed by atoms with Crippen molar-refractivity contribution in [3.05, 3.63) is 65.5 Å². The Labute approximate surface area is 195 Å². The summed E-state index contributed by atoms with van der Waals surface area (Å²) in [5, 5.41) is 11.1. The maximum Gasteiger partial charge on any atom is 0.238 e. The summed E-state index contributed by atoms with van der Waals surface area (Å²) >= 11 is 0. The molecule has 0 aliphatic carbocycles. The van der Waals surface area contributed by atoms with Gasteiger partial charge in [-0.3, -0.25) is 4.79 Å². The molecule has 2 heterocycles. The maximum absolute atomic E-state index is 12.8. The number of hydrogen-bond acceptors (Lipinski definition) is 5. The van der Waals surface area contributed by atoms with Gasteiger partial charge in [-0.1, -0.05) is 38.1 Å². The van der Waals surface area contributed by atoms with Crippen molar-refractivity contribution >= 4 is 11.6 Å². The lowest BCUT2D eigenvalue weighted by Crippen LogP contribution is -2.33. The second-order valence-corrected chi connectivity index (χ2v) is 8.70. The van der Waals surface area contributed by atoms with Gasteiger partial charge in [0, 0.05) is 12.5 Å².